The van der Waals surface area contributed by atoms with Gasteiger partial charge in [-0.15, -0.1) is 0 Å². The zero-order chi connectivity index (χ0) is 21.6. The summed E-state index contributed by atoms with van der Waals surface area (Å²) < 4.78 is 47.1. The van der Waals surface area contributed by atoms with Crippen LogP contribution in [-0.4, -0.2) is 36.7 Å². The average Bonchev–Trinajstić information content (AvgIpc) is 2.63. The molecule has 0 saturated carbocycles. The average molecular weight is 452 g/mol. The fraction of sp³-hybridized carbons (Fsp3) is 0.222. The first-order valence-electron chi connectivity index (χ1n) is 7.86. The lowest BCUT2D eigenvalue weighted by molar-refractivity contribution is -0.153. The zero-order valence-electron chi connectivity index (χ0n) is 14.8. The third kappa shape index (κ3) is 6.43. The molecule has 156 valence electrons. The van der Waals surface area contributed by atoms with Gasteiger partial charge in [0.05, 0.1) is 10.0 Å². The quantitative estimate of drug-likeness (QED) is 0.453. The number of nitrogens with zero attached hydrogens (tertiary/aromatic N) is 1. The number of alkyl halides is 3. The summed E-state index contributed by atoms with van der Waals surface area (Å²) in [6.45, 7) is -1.64. The van der Waals surface area contributed by atoms with Gasteiger partial charge in [0.25, 0.3) is 0 Å². The van der Waals surface area contributed by atoms with Crippen LogP contribution < -0.4 is 9.47 Å². The SMILES string of the molecule is CON=C(C(=O)O)c1ccccc1COc1cc(Cl)c(OCC(F)(F)F)c(Cl)c1. The van der Waals surface area contributed by atoms with Crippen LogP contribution in [0, 0.1) is 0 Å². The molecule has 2 aromatic carbocycles. The fourth-order valence-corrected chi connectivity index (χ4v) is 2.82. The number of hydrogen-bond acceptors (Lipinski definition) is 5. The van der Waals surface area contributed by atoms with Crippen molar-refractivity contribution in [2.45, 2.75) is 12.8 Å². The van der Waals surface area contributed by atoms with Crippen molar-refractivity contribution in [2.75, 3.05) is 13.7 Å². The second-order valence-electron chi connectivity index (χ2n) is 5.49. The van der Waals surface area contributed by atoms with Crippen LogP contribution in [0.2, 0.25) is 10.0 Å². The van der Waals surface area contributed by atoms with Crippen LogP contribution in [0.3, 0.4) is 0 Å². The van der Waals surface area contributed by atoms with Crippen LogP contribution in [0.15, 0.2) is 41.6 Å². The maximum Gasteiger partial charge on any atom is 0.422 e. The van der Waals surface area contributed by atoms with E-state index in [4.69, 9.17) is 27.9 Å². The Hall–Kier alpha value is -2.65. The van der Waals surface area contributed by atoms with Crippen molar-refractivity contribution < 1.29 is 37.4 Å². The van der Waals surface area contributed by atoms with Gasteiger partial charge >= 0.3 is 12.1 Å². The van der Waals surface area contributed by atoms with Crippen molar-refractivity contribution in [3.05, 3.63) is 57.6 Å². The lowest BCUT2D eigenvalue weighted by Crippen LogP contribution is -2.19. The number of hydrogen-bond donors (Lipinski definition) is 1. The lowest BCUT2D eigenvalue weighted by Gasteiger charge is -2.14. The number of ether oxygens (including phenoxy) is 2. The molecular formula is C18H14Cl2F3NO5. The summed E-state index contributed by atoms with van der Waals surface area (Å²) in [5.41, 5.74) is 0.415. The molecule has 0 radical (unpaired) electrons. The first-order valence-corrected chi connectivity index (χ1v) is 8.62. The molecular weight excluding hydrogens is 438 g/mol. The smallest absolute Gasteiger partial charge is 0.422 e. The molecule has 0 spiro atoms. The molecule has 0 saturated heterocycles. The van der Waals surface area contributed by atoms with E-state index in [-0.39, 0.29) is 39.4 Å². The van der Waals surface area contributed by atoms with Gasteiger partial charge < -0.3 is 19.4 Å². The minimum absolute atomic E-state index is 0.0956. The van der Waals surface area contributed by atoms with Gasteiger partial charge in [-0.05, 0) is 5.56 Å². The fourth-order valence-electron chi connectivity index (χ4n) is 2.24. The van der Waals surface area contributed by atoms with E-state index in [1.807, 2.05) is 0 Å². The second-order valence-corrected chi connectivity index (χ2v) is 6.31. The van der Waals surface area contributed by atoms with Gasteiger partial charge in [0.15, 0.2) is 18.1 Å². The molecule has 0 atom stereocenters. The van der Waals surface area contributed by atoms with E-state index < -0.39 is 18.8 Å². The van der Waals surface area contributed by atoms with E-state index in [1.165, 1.54) is 25.3 Å². The molecule has 0 unspecified atom stereocenters. The van der Waals surface area contributed by atoms with Gasteiger partial charge in [-0.2, -0.15) is 13.2 Å². The summed E-state index contributed by atoms with van der Waals surface area (Å²) in [7, 11) is 1.22. The first-order chi connectivity index (χ1) is 13.6. The standard InChI is InChI=1S/C18H14Cl2F3NO5/c1-27-24-15(17(25)26)12-5-3-2-4-10(12)8-28-11-6-13(19)16(14(20)7-11)29-9-18(21,22)23/h2-7H,8-9H2,1H3,(H,25,26). The molecule has 0 aliphatic carbocycles. The molecule has 0 bridgehead atoms. The molecule has 6 nitrogen and oxygen atoms in total. The summed E-state index contributed by atoms with van der Waals surface area (Å²) in [6.07, 6.45) is -4.54. The van der Waals surface area contributed by atoms with Crippen molar-refractivity contribution >= 4 is 34.9 Å². The van der Waals surface area contributed by atoms with Gasteiger partial charge in [-0.3, -0.25) is 0 Å². The minimum atomic E-state index is -4.54. The van der Waals surface area contributed by atoms with Crippen molar-refractivity contribution in [1.82, 2.24) is 0 Å². The number of aliphatic carboxylic acids is 1. The molecule has 0 fully saturated rings. The lowest BCUT2D eigenvalue weighted by atomic mass is 10.0. The number of carboxylic acid groups (broad SMARTS) is 1. The van der Waals surface area contributed by atoms with Gasteiger partial charge in [0, 0.05) is 17.7 Å². The summed E-state index contributed by atoms with van der Waals surface area (Å²) in [5, 5.41) is 12.5. The monoisotopic (exact) mass is 451 g/mol. The molecule has 29 heavy (non-hydrogen) atoms. The molecule has 2 rings (SSSR count). The van der Waals surface area contributed by atoms with Crippen molar-refractivity contribution in [3.63, 3.8) is 0 Å². The number of benzene rings is 2. The number of rotatable bonds is 8. The maximum absolute atomic E-state index is 12.3. The minimum Gasteiger partial charge on any atom is -0.489 e. The number of carbonyl (C=O) groups is 1. The predicted octanol–water partition coefficient (Wildman–Crippen LogP) is 4.95. The second kappa shape index (κ2) is 9.71. The van der Waals surface area contributed by atoms with E-state index >= 15 is 0 Å². The highest BCUT2D eigenvalue weighted by Crippen LogP contribution is 2.38. The van der Waals surface area contributed by atoms with Crippen LogP contribution in [0.4, 0.5) is 13.2 Å². The maximum atomic E-state index is 12.3. The molecule has 0 heterocycles. The summed E-state index contributed by atoms with van der Waals surface area (Å²) in [6, 6.07) is 8.91. The molecule has 11 heteroatoms. The predicted molar refractivity (Wildman–Crippen MR) is 100.0 cm³/mol. The van der Waals surface area contributed by atoms with Crippen molar-refractivity contribution in [1.29, 1.82) is 0 Å². The van der Waals surface area contributed by atoms with Crippen LogP contribution in [0.1, 0.15) is 11.1 Å². The van der Waals surface area contributed by atoms with Gasteiger partial charge in [-0.1, -0.05) is 52.6 Å². The van der Waals surface area contributed by atoms with Gasteiger partial charge in [0.1, 0.15) is 19.5 Å². The summed E-state index contributed by atoms with van der Waals surface area (Å²) in [5.74, 6) is -1.47. The Bertz CT molecular complexity index is 896. The van der Waals surface area contributed by atoms with E-state index in [1.54, 1.807) is 18.2 Å². The van der Waals surface area contributed by atoms with E-state index in [9.17, 15) is 23.1 Å². The van der Waals surface area contributed by atoms with E-state index in [0.717, 1.165) is 0 Å². The Morgan fingerprint density at radius 1 is 1.14 bits per heavy atom. The Kier molecular flexibility index (Phi) is 7.58. The molecule has 0 aliphatic heterocycles. The zero-order valence-corrected chi connectivity index (χ0v) is 16.3. The highest BCUT2D eigenvalue weighted by Gasteiger charge is 2.29. The normalized spacial score (nSPS) is 11.9. The van der Waals surface area contributed by atoms with E-state index in [0.29, 0.717) is 5.56 Å². The van der Waals surface area contributed by atoms with Crippen LogP contribution in [0.25, 0.3) is 0 Å². The topological polar surface area (TPSA) is 77.4 Å². The molecule has 1 N–H and O–H groups in total. The largest absolute Gasteiger partial charge is 0.489 e. The number of oxime groups is 1. The Balaban J connectivity index is 2.21. The Morgan fingerprint density at radius 3 is 2.31 bits per heavy atom. The number of halogens is 5. The van der Waals surface area contributed by atoms with Gasteiger partial charge in [-0.25, -0.2) is 4.79 Å². The Morgan fingerprint density at radius 2 is 1.76 bits per heavy atom. The summed E-state index contributed by atoms with van der Waals surface area (Å²) >= 11 is 11.9. The number of carboxylic acids is 1. The highest BCUT2D eigenvalue weighted by atomic mass is 35.5. The molecule has 0 aromatic heterocycles. The molecule has 0 aliphatic rings. The molecule has 0 amide bonds. The first kappa shape index (κ1) is 22.6. The highest BCUT2D eigenvalue weighted by molar-refractivity contribution is 6.42. The molecule has 2 aromatic rings. The van der Waals surface area contributed by atoms with Crippen LogP contribution in [0.5, 0.6) is 11.5 Å². The third-order valence-corrected chi connectivity index (χ3v) is 3.97. The van der Waals surface area contributed by atoms with Crippen molar-refractivity contribution in [3.8, 4) is 11.5 Å². The third-order valence-electron chi connectivity index (χ3n) is 3.40. The van der Waals surface area contributed by atoms with Gasteiger partial charge in [0.2, 0.25) is 0 Å². The van der Waals surface area contributed by atoms with Crippen LogP contribution >= 0.6 is 23.2 Å². The van der Waals surface area contributed by atoms with Crippen LogP contribution in [-0.2, 0) is 16.2 Å². The van der Waals surface area contributed by atoms with E-state index in [2.05, 4.69) is 14.7 Å². The Labute approximate surface area is 173 Å². The summed E-state index contributed by atoms with van der Waals surface area (Å²) in [4.78, 5) is 16.0. The van der Waals surface area contributed by atoms with Crippen molar-refractivity contribution in [2.24, 2.45) is 5.16 Å².